The number of aryl methyl sites for hydroxylation is 1. The Hall–Kier alpha value is -1.97. The van der Waals surface area contributed by atoms with Gasteiger partial charge in [-0.15, -0.1) is 0 Å². The molecule has 0 radical (unpaired) electrons. The number of hydrogen-bond donors (Lipinski definition) is 1. The number of benzene rings is 1. The Morgan fingerprint density at radius 1 is 1.33 bits per heavy atom. The fourth-order valence-electron chi connectivity index (χ4n) is 1.49. The van der Waals surface area contributed by atoms with E-state index in [0.29, 0.717) is 17.2 Å². The van der Waals surface area contributed by atoms with Crippen molar-refractivity contribution in [3.63, 3.8) is 0 Å². The molecule has 0 fully saturated rings. The first-order chi connectivity index (χ1) is 7.22. The molecule has 78 valence electrons. The van der Waals surface area contributed by atoms with Crippen molar-refractivity contribution in [2.75, 3.05) is 7.11 Å². The number of ether oxygens (including phenoxy) is 1. The van der Waals surface area contributed by atoms with Crippen LogP contribution in [0.3, 0.4) is 0 Å². The van der Waals surface area contributed by atoms with Gasteiger partial charge in [0.1, 0.15) is 5.75 Å². The minimum atomic E-state index is -0.451. The van der Waals surface area contributed by atoms with Crippen LogP contribution in [0, 0.1) is 6.92 Å². The van der Waals surface area contributed by atoms with Gasteiger partial charge in [-0.2, -0.15) is 0 Å². The van der Waals surface area contributed by atoms with Gasteiger partial charge in [-0.25, -0.2) is 4.79 Å². The average molecular weight is 205 g/mol. The van der Waals surface area contributed by atoms with E-state index in [1.807, 2.05) is 24.3 Å². The Balaban J connectivity index is 2.63. The molecule has 0 spiro atoms. The first kappa shape index (κ1) is 9.58. The van der Waals surface area contributed by atoms with Crippen molar-refractivity contribution >= 4 is 0 Å². The highest BCUT2D eigenvalue weighted by Crippen LogP contribution is 2.30. The molecule has 0 aliphatic heterocycles. The topological polar surface area (TPSA) is 55.2 Å². The number of hydrogen-bond acceptors (Lipinski definition) is 3. The van der Waals surface area contributed by atoms with Crippen LogP contribution in [-0.4, -0.2) is 12.1 Å². The van der Waals surface area contributed by atoms with Crippen LogP contribution in [-0.2, 0) is 0 Å². The normalized spacial score (nSPS) is 10.3. The van der Waals surface area contributed by atoms with Crippen molar-refractivity contribution < 1.29 is 9.15 Å². The van der Waals surface area contributed by atoms with Crippen LogP contribution in [0.1, 0.15) is 5.69 Å². The number of oxazole rings is 1. The van der Waals surface area contributed by atoms with Crippen molar-refractivity contribution in [3.8, 4) is 17.1 Å². The Bertz CT molecular complexity index is 525. The smallest absolute Gasteiger partial charge is 0.417 e. The monoisotopic (exact) mass is 205 g/mol. The van der Waals surface area contributed by atoms with Gasteiger partial charge < -0.3 is 9.15 Å². The van der Waals surface area contributed by atoms with Crippen molar-refractivity contribution in [2.24, 2.45) is 0 Å². The van der Waals surface area contributed by atoms with Crippen LogP contribution < -0.4 is 10.5 Å². The van der Waals surface area contributed by atoms with E-state index in [1.165, 1.54) is 0 Å². The SMILES string of the molecule is COc1ccccc1-c1oc(=O)[nH]c1C. The summed E-state index contributed by atoms with van der Waals surface area (Å²) in [5.41, 5.74) is 1.47. The van der Waals surface area contributed by atoms with Crippen molar-refractivity contribution in [2.45, 2.75) is 6.92 Å². The van der Waals surface area contributed by atoms with Crippen LogP contribution in [0.15, 0.2) is 33.5 Å². The first-order valence-corrected chi connectivity index (χ1v) is 4.55. The molecule has 0 saturated carbocycles. The van der Waals surface area contributed by atoms with Gasteiger partial charge in [-0.05, 0) is 19.1 Å². The predicted octanol–water partition coefficient (Wildman–Crippen LogP) is 1.95. The summed E-state index contributed by atoms with van der Waals surface area (Å²) < 4.78 is 10.2. The molecule has 15 heavy (non-hydrogen) atoms. The van der Waals surface area contributed by atoms with Crippen molar-refractivity contribution in [1.29, 1.82) is 0 Å². The van der Waals surface area contributed by atoms with E-state index < -0.39 is 5.76 Å². The van der Waals surface area contributed by atoms with E-state index in [4.69, 9.17) is 9.15 Å². The second-order valence-electron chi connectivity index (χ2n) is 3.17. The molecule has 0 aliphatic carbocycles. The number of H-pyrrole nitrogens is 1. The summed E-state index contributed by atoms with van der Waals surface area (Å²) in [7, 11) is 1.58. The van der Waals surface area contributed by atoms with Gasteiger partial charge >= 0.3 is 5.76 Å². The second-order valence-corrected chi connectivity index (χ2v) is 3.17. The van der Waals surface area contributed by atoms with Crippen molar-refractivity contribution in [3.05, 3.63) is 40.5 Å². The van der Waals surface area contributed by atoms with E-state index in [9.17, 15) is 4.79 Å². The van der Waals surface area contributed by atoms with E-state index >= 15 is 0 Å². The number of nitrogens with one attached hydrogen (secondary N) is 1. The van der Waals surface area contributed by atoms with Gasteiger partial charge in [0.15, 0.2) is 5.76 Å². The standard InChI is InChI=1S/C11H11NO3/c1-7-10(15-11(13)12-7)8-5-3-4-6-9(8)14-2/h3-6H,1-2H3,(H,12,13). The fraction of sp³-hybridized carbons (Fsp3) is 0.182. The molecule has 0 bridgehead atoms. The van der Waals surface area contributed by atoms with Crippen molar-refractivity contribution in [1.82, 2.24) is 4.98 Å². The maximum absolute atomic E-state index is 11.0. The van der Waals surface area contributed by atoms with E-state index in [2.05, 4.69) is 4.98 Å². The number of methoxy groups -OCH3 is 1. The molecule has 0 saturated heterocycles. The van der Waals surface area contributed by atoms with Crippen LogP contribution in [0.5, 0.6) is 5.75 Å². The molecule has 0 aliphatic rings. The molecular formula is C11H11NO3. The highest BCUT2D eigenvalue weighted by Gasteiger charge is 2.12. The quantitative estimate of drug-likeness (QED) is 0.815. The highest BCUT2D eigenvalue weighted by atomic mass is 16.5. The third-order valence-electron chi connectivity index (χ3n) is 2.18. The zero-order valence-electron chi connectivity index (χ0n) is 8.53. The summed E-state index contributed by atoms with van der Waals surface area (Å²) in [5.74, 6) is 0.759. The summed E-state index contributed by atoms with van der Waals surface area (Å²) >= 11 is 0. The molecule has 2 rings (SSSR count). The molecule has 1 aromatic heterocycles. The van der Waals surface area contributed by atoms with Gasteiger partial charge in [-0.1, -0.05) is 12.1 Å². The number of aromatic amines is 1. The maximum Gasteiger partial charge on any atom is 0.417 e. The Morgan fingerprint density at radius 2 is 2.07 bits per heavy atom. The third kappa shape index (κ3) is 1.66. The molecular weight excluding hydrogens is 194 g/mol. The Kier molecular flexibility index (Phi) is 2.33. The maximum atomic E-state index is 11.0. The van der Waals surface area contributed by atoms with Gasteiger partial charge in [0, 0.05) is 0 Å². The van der Waals surface area contributed by atoms with Crippen LogP contribution in [0.4, 0.5) is 0 Å². The van der Waals surface area contributed by atoms with Gasteiger partial charge in [0.05, 0.1) is 18.4 Å². The molecule has 0 unspecified atom stereocenters. The summed E-state index contributed by atoms with van der Waals surface area (Å²) in [6.07, 6.45) is 0. The van der Waals surface area contributed by atoms with Crippen LogP contribution >= 0.6 is 0 Å². The molecule has 0 amide bonds. The van der Waals surface area contributed by atoms with Gasteiger partial charge in [-0.3, -0.25) is 4.98 Å². The van der Waals surface area contributed by atoms with E-state index in [1.54, 1.807) is 14.0 Å². The Labute approximate surface area is 86.5 Å². The number of para-hydroxylation sites is 1. The van der Waals surface area contributed by atoms with Crippen LogP contribution in [0.2, 0.25) is 0 Å². The molecule has 4 nitrogen and oxygen atoms in total. The van der Waals surface area contributed by atoms with E-state index in [-0.39, 0.29) is 0 Å². The molecule has 2 aromatic rings. The van der Waals surface area contributed by atoms with Gasteiger partial charge in [0.25, 0.3) is 0 Å². The van der Waals surface area contributed by atoms with E-state index in [0.717, 1.165) is 5.56 Å². The minimum Gasteiger partial charge on any atom is -0.496 e. The second kappa shape index (κ2) is 3.65. The fourth-order valence-corrected chi connectivity index (χ4v) is 1.49. The molecule has 1 N–H and O–H groups in total. The lowest BCUT2D eigenvalue weighted by Crippen LogP contribution is -1.94. The first-order valence-electron chi connectivity index (χ1n) is 4.55. The Morgan fingerprint density at radius 3 is 2.67 bits per heavy atom. The highest BCUT2D eigenvalue weighted by molar-refractivity contribution is 5.67. The largest absolute Gasteiger partial charge is 0.496 e. The molecule has 1 aromatic carbocycles. The molecule has 1 heterocycles. The van der Waals surface area contributed by atoms with Crippen LogP contribution in [0.25, 0.3) is 11.3 Å². The number of aromatic nitrogens is 1. The zero-order chi connectivity index (χ0) is 10.8. The lowest BCUT2D eigenvalue weighted by atomic mass is 10.1. The summed E-state index contributed by atoms with van der Waals surface area (Å²) in [6.45, 7) is 1.78. The lowest BCUT2D eigenvalue weighted by molar-refractivity contribution is 0.414. The van der Waals surface area contributed by atoms with Gasteiger partial charge in [0.2, 0.25) is 0 Å². The summed E-state index contributed by atoms with van der Waals surface area (Å²) in [4.78, 5) is 13.6. The lowest BCUT2D eigenvalue weighted by Gasteiger charge is -2.05. The summed E-state index contributed by atoms with van der Waals surface area (Å²) in [5, 5.41) is 0. The average Bonchev–Trinajstić information content (AvgIpc) is 2.57. The third-order valence-corrected chi connectivity index (χ3v) is 2.18. The summed E-state index contributed by atoms with van der Waals surface area (Å²) in [6, 6.07) is 7.40. The predicted molar refractivity (Wildman–Crippen MR) is 56.1 cm³/mol. The zero-order valence-corrected chi connectivity index (χ0v) is 8.53. The molecule has 4 heteroatoms. The number of rotatable bonds is 2. The molecule has 0 atom stereocenters. The minimum absolute atomic E-state index is 0.451.